The lowest BCUT2D eigenvalue weighted by molar-refractivity contribution is -0.123. The van der Waals surface area contributed by atoms with Crippen LogP contribution in [0.3, 0.4) is 0 Å². The number of aromatic hydroxyl groups is 1. The zero-order valence-corrected chi connectivity index (χ0v) is 13.3. The van der Waals surface area contributed by atoms with E-state index in [1.165, 1.54) is 19.2 Å². The molecule has 0 aromatic heterocycles. The van der Waals surface area contributed by atoms with Crippen LogP contribution in [0.15, 0.2) is 22.7 Å². The Balaban J connectivity index is 2.42. The lowest BCUT2D eigenvalue weighted by Crippen LogP contribution is -2.42. The van der Waals surface area contributed by atoms with Crippen molar-refractivity contribution in [2.24, 2.45) is 0 Å². The molecule has 1 aromatic rings. The first-order valence-electron chi connectivity index (χ1n) is 6.16. The number of carbonyl (C=O) groups excluding carboxylic acids is 3. The highest BCUT2D eigenvalue weighted by atomic mass is 79.9. The first-order chi connectivity index (χ1) is 10.4. The molecule has 0 saturated carbocycles. The van der Waals surface area contributed by atoms with Gasteiger partial charge in [-0.3, -0.25) is 10.1 Å². The van der Waals surface area contributed by atoms with Gasteiger partial charge in [0, 0.05) is 18.1 Å². The van der Waals surface area contributed by atoms with Gasteiger partial charge in [0.15, 0.2) is 6.61 Å². The number of ether oxygens (including phenoxy) is 2. The Bertz CT molecular complexity index is 563. The van der Waals surface area contributed by atoms with Crippen LogP contribution in [0.5, 0.6) is 5.75 Å². The molecule has 120 valence electrons. The van der Waals surface area contributed by atoms with Gasteiger partial charge >= 0.3 is 12.0 Å². The van der Waals surface area contributed by atoms with Gasteiger partial charge in [0.25, 0.3) is 5.91 Å². The number of hydrogen-bond acceptors (Lipinski definition) is 6. The molecular weight excluding hydrogens is 360 g/mol. The molecule has 0 spiro atoms. The van der Waals surface area contributed by atoms with Crippen LogP contribution in [0.2, 0.25) is 0 Å². The van der Waals surface area contributed by atoms with Gasteiger partial charge in [0.2, 0.25) is 0 Å². The third-order valence-electron chi connectivity index (χ3n) is 2.36. The van der Waals surface area contributed by atoms with Crippen LogP contribution in [0.1, 0.15) is 10.4 Å². The second kappa shape index (κ2) is 9.00. The molecule has 0 aliphatic heterocycles. The minimum atomic E-state index is -0.881. The lowest BCUT2D eigenvalue weighted by atomic mass is 10.2. The number of esters is 1. The largest absolute Gasteiger partial charge is 0.507 e. The first kappa shape index (κ1) is 17.9. The average Bonchev–Trinajstić information content (AvgIpc) is 2.47. The van der Waals surface area contributed by atoms with Crippen molar-refractivity contribution in [1.29, 1.82) is 0 Å². The molecule has 0 unspecified atom stereocenters. The zero-order valence-electron chi connectivity index (χ0n) is 11.7. The van der Waals surface area contributed by atoms with Crippen LogP contribution in [-0.4, -0.2) is 49.9 Å². The van der Waals surface area contributed by atoms with Crippen LogP contribution >= 0.6 is 15.9 Å². The van der Waals surface area contributed by atoms with Gasteiger partial charge in [-0.25, -0.2) is 9.59 Å². The van der Waals surface area contributed by atoms with Crippen LogP contribution in [0.25, 0.3) is 0 Å². The molecule has 1 rings (SSSR count). The molecular formula is C13H15BrN2O6. The number of methoxy groups -OCH3 is 1. The number of halogens is 1. The molecule has 0 bridgehead atoms. The van der Waals surface area contributed by atoms with E-state index in [0.717, 1.165) is 0 Å². The van der Waals surface area contributed by atoms with E-state index in [0.29, 0.717) is 11.1 Å². The number of phenolic OH excluding ortho intramolecular Hbond substituents is 1. The fourth-order valence-corrected chi connectivity index (χ4v) is 1.72. The number of nitrogens with one attached hydrogen (secondary N) is 2. The fraction of sp³-hybridized carbons (Fsp3) is 0.308. The van der Waals surface area contributed by atoms with E-state index >= 15 is 0 Å². The minimum absolute atomic E-state index is 0.0910. The summed E-state index contributed by atoms with van der Waals surface area (Å²) in [6.07, 6.45) is 0. The number of imide groups is 1. The molecule has 0 heterocycles. The molecule has 3 N–H and O–H groups in total. The van der Waals surface area contributed by atoms with E-state index in [-0.39, 0.29) is 17.9 Å². The third-order valence-corrected chi connectivity index (χ3v) is 2.85. The second-order valence-electron chi connectivity index (χ2n) is 4.03. The van der Waals surface area contributed by atoms with E-state index in [1.54, 1.807) is 6.07 Å². The predicted molar refractivity (Wildman–Crippen MR) is 79.5 cm³/mol. The van der Waals surface area contributed by atoms with Crippen molar-refractivity contribution in [2.75, 3.05) is 26.9 Å². The summed E-state index contributed by atoms with van der Waals surface area (Å²) in [6.45, 7) is -0.109. The monoisotopic (exact) mass is 374 g/mol. The van der Waals surface area contributed by atoms with E-state index in [4.69, 9.17) is 9.47 Å². The molecule has 3 amide bonds. The van der Waals surface area contributed by atoms with Gasteiger partial charge in [-0.15, -0.1) is 0 Å². The first-order valence-corrected chi connectivity index (χ1v) is 6.95. The van der Waals surface area contributed by atoms with Crippen molar-refractivity contribution < 1.29 is 29.0 Å². The van der Waals surface area contributed by atoms with Gasteiger partial charge in [-0.1, -0.05) is 15.9 Å². The summed E-state index contributed by atoms with van der Waals surface area (Å²) in [7, 11) is 1.47. The molecule has 0 atom stereocenters. The number of benzene rings is 1. The summed E-state index contributed by atoms with van der Waals surface area (Å²) in [5.74, 6) is -1.95. The second-order valence-corrected chi connectivity index (χ2v) is 4.95. The summed E-state index contributed by atoms with van der Waals surface area (Å²) < 4.78 is 10.0. The van der Waals surface area contributed by atoms with Gasteiger partial charge in [-0.2, -0.15) is 0 Å². The Morgan fingerprint density at radius 2 is 2.05 bits per heavy atom. The smallest absolute Gasteiger partial charge is 0.342 e. The Labute approximate surface area is 134 Å². The maximum absolute atomic E-state index is 11.7. The van der Waals surface area contributed by atoms with E-state index in [1.807, 2.05) is 5.32 Å². The number of phenols is 1. The topological polar surface area (TPSA) is 114 Å². The zero-order chi connectivity index (χ0) is 16.5. The summed E-state index contributed by atoms with van der Waals surface area (Å²) in [4.78, 5) is 34.4. The minimum Gasteiger partial charge on any atom is -0.507 e. The van der Waals surface area contributed by atoms with Crippen molar-refractivity contribution in [2.45, 2.75) is 0 Å². The van der Waals surface area contributed by atoms with Gasteiger partial charge in [-0.05, 0) is 18.2 Å². The molecule has 0 saturated heterocycles. The van der Waals surface area contributed by atoms with Crippen molar-refractivity contribution in [3.8, 4) is 5.75 Å². The standard InChI is InChI=1S/C13H15BrN2O6/c1-21-5-4-15-13(20)16-11(18)7-22-12(19)9-6-8(14)2-3-10(9)17/h2-3,6,17H,4-5,7H2,1H3,(H2,15,16,18,20). The Morgan fingerprint density at radius 1 is 1.32 bits per heavy atom. The normalized spacial score (nSPS) is 9.91. The van der Waals surface area contributed by atoms with Crippen molar-refractivity contribution in [1.82, 2.24) is 10.6 Å². The molecule has 0 aliphatic rings. The van der Waals surface area contributed by atoms with E-state index in [2.05, 4.69) is 21.2 Å². The third kappa shape index (κ3) is 6.10. The van der Waals surface area contributed by atoms with Crippen LogP contribution < -0.4 is 10.6 Å². The molecule has 8 nitrogen and oxygen atoms in total. The fourth-order valence-electron chi connectivity index (χ4n) is 1.35. The summed E-state index contributed by atoms with van der Waals surface area (Å²) in [5.41, 5.74) is -0.0910. The maximum Gasteiger partial charge on any atom is 0.342 e. The van der Waals surface area contributed by atoms with Gasteiger partial charge in [0.05, 0.1) is 6.61 Å². The molecule has 0 aliphatic carbocycles. The Kier molecular flexibility index (Phi) is 7.33. The van der Waals surface area contributed by atoms with Crippen molar-refractivity contribution in [3.63, 3.8) is 0 Å². The van der Waals surface area contributed by atoms with Crippen molar-refractivity contribution >= 4 is 33.8 Å². The van der Waals surface area contributed by atoms with E-state index < -0.39 is 24.5 Å². The Morgan fingerprint density at radius 3 is 2.73 bits per heavy atom. The quantitative estimate of drug-likeness (QED) is 0.500. The van der Waals surface area contributed by atoms with Crippen LogP contribution in [0.4, 0.5) is 4.79 Å². The molecule has 22 heavy (non-hydrogen) atoms. The number of hydrogen-bond donors (Lipinski definition) is 3. The number of amides is 3. The van der Waals surface area contributed by atoms with Gasteiger partial charge < -0.3 is 19.9 Å². The summed E-state index contributed by atoms with van der Waals surface area (Å²) in [5, 5.41) is 13.9. The molecule has 1 aromatic carbocycles. The highest BCUT2D eigenvalue weighted by Crippen LogP contribution is 2.22. The predicted octanol–water partition coefficient (Wildman–Crippen LogP) is 0.784. The lowest BCUT2D eigenvalue weighted by Gasteiger charge is -2.08. The SMILES string of the molecule is COCCNC(=O)NC(=O)COC(=O)c1cc(Br)ccc1O. The highest BCUT2D eigenvalue weighted by molar-refractivity contribution is 9.10. The highest BCUT2D eigenvalue weighted by Gasteiger charge is 2.15. The molecule has 0 radical (unpaired) electrons. The van der Waals surface area contributed by atoms with E-state index in [9.17, 15) is 19.5 Å². The Hall–Kier alpha value is -2.13. The number of urea groups is 1. The van der Waals surface area contributed by atoms with Crippen molar-refractivity contribution in [3.05, 3.63) is 28.2 Å². The van der Waals surface area contributed by atoms with Gasteiger partial charge in [0.1, 0.15) is 11.3 Å². The average molecular weight is 375 g/mol. The summed E-state index contributed by atoms with van der Waals surface area (Å²) in [6, 6.07) is 3.49. The number of carbonyl (C=O) groups is 3. The maximum atomic E-state index is 11.7. The summed E-state index contributed by atoms with van der Waals surface area (Å²) >= 11 is 3.15. The molecule has 0 fully saturated rings. The van der Waals surface area contributed by atoms with Crippen LogP contribution in [-0.2, 0) is 14.3 Å². The molecule has 9 heteroatoms. The van der Waals surface area contributed by atoms with Crippen LogP contribution in [0, 0.1) is 0 Å². The number of rotatable bonds is 6.